The second-order valence-corrected chi connectivity index (χ2v) is 2.49. The van der Waals surface area contributed by atoms with Gasteiger partial charge in [0, 0.05) is 6.61 Å². The third kappa shape index (κ3) is 4.79. The maximum Gasteiger partial charge on any atom is 0.267 e. The van der Waals surface area contributed by atoms with Crippen LogP contribution in [0.3, 0.4) is 0 Å². The van der Waals surface area contributed by atoms with E-state index in [-0.39, 0.29) is 0 Å². The monoisotopic (exact) mass is 158 g/mol. The first-order chi connectivity index (χ1) is 5.22. The van der Waals surface area contributed by atoms with Gasteiger partial charge in [0.15, 0.2) is 0 Å². The molecule has 0 rings (SSSR count). The lowest BCUT2D eigenvalue weighted by Crippen LogP contribution is -2.24. The zero-order valence-corrected chi connectivity index (χ0v) is 7.22. The number of amides is 1. The summed E-state index contributed by atoms with van der Waals surface area (Å²) >= 11 is 0. The van der Waals surface area contributed by atoms with Gasteiger partial charge in [0.1, 0.15) is 6.10 Å². The Bertz CT molecular complexity index is 115. The molecule has 65 valence electrons. The van der Waals surface area contributed by atoms with Gasteiger partial charge in [-0.15, -0.1) is 0 Å². The number of carbonyl (C=O) groups is 1. The molecule has 3 nitrogen and oxygen atoms in total. The second kappa shape index (κ2) is 6.16. The highest BCUT2D eigenvalue weighted by Gasteiger charge is 2.12. The van der Waals surface area contributed by atoms with E-state index >= 15 is 0 Å². The Morgan fingerprint density at radius 2 is 2.18 bits per heavy atom. The molecule has 3 heteroatoms. The largest absolute Gasteiger partial charge is 0.368 e. The van der Waals surface area contributed by atoms with E-state index in [0.29, 0.717) is 13.0 Å². The van der Waals surface area contributed by atoms with Crippen LogP contribution in [0.15, 0.2) is 0 Å². The van der Waals surface area contributed by atoms with Crippen LogP contribution in [0.25, 0.3) is 0 Å². The normalized spacial score (nSPS) is 12.9. The molecule has 1 amide bonds. The van der Waals surface area contributed by atoms with Crippen molar-refractivity contribution in [1.29, 1.82) is 0 Å². The fraction of sp³-hybridized carbons (Fsp3) is 0.875. The number of carbonyl (C=O) groups excluding carboxylic acids is 1. The molecular weight excluding hydrogens is 142 g/mol. The van der Waals surface area contributed by atoms with E-state index in [1.807, 2.05) is 6.92 Å². The average Bonchev–Trinajstić information content (AvgIpc) is 1.97. The number of hydrogen-bond acceptors (Lipinski definition) is 2. The smallest absolute Gasteiger partial charge is 0.267 e. The Balaban J connectivity index is 3.44. The Morgan fingerprint density at radius 1 is 1.55 bits per heavy atom. The summed E-state index contributed by atoms with van der Waals surface area (Å²) in [5.74, 6) is -0.608. The number of nitrogens with one attached hydrogen (secondary N) is 1. The van der Waals surface area contributed by atoms with Crippen LogP contribution >= 0.6 is 0 Å². The minimum absolute atomic E-state index is 0.499. The zero-order chi connectivity index (χ0) is 8.69. The van der Waals surface area contributed by atoms with Gasteiger partial charge in [-0.3, -0.25) is 10.5 Å². The van der Waals surface area contributed by atoms with Crippen LogP contribution in [0, 0.1) is 0 Å². The van der Waals surface area contributed by atoms with E-state index in [1.54, 1.807) is 0 Å². The first kappa shape index (κ1) is 10.4. The summed E-state index contributed by atoms with van der Waals surface area (Å²) in [5, 5.41) is 0. The molecule has 0 aliphatic heterocycles. The second-order valence-electron chi connectivity index (χ2n) is 2.49. The van der Waals surface area contributed by atoms with Gasteiger partial charge in [-0.25, -0.2) is 0 Å². The topological polar surface area (TPSA) is 50.1 Å². The number of ether oxygens (including phenoxy) is 1. The van der Waals surface area contributed by atoms with E-state index < -0.39 is 12.0 Å². The van der Waals surface area contributed by atoms with E-state index in [2.05, 4.69) is 6.92 Å². The first-order valence-electron chi connectivity index (χ1n) is 4.09. The summed E-state index contributed by atoms with van der Waals surface area (Å²) in [5.41, 5.74) is 6.81. The molecule has 0 aromatic heterocycles. The van der Waals surface area contributed by atoms with Crippen molar-refractivity contribution in [1.82, 2.24) is 5.73 Å². The van der Waals surface area contributed by atoms with Crippen LogP contribution in [0.1, 0.15) is 33.1 Å². The highest BCUT2D eigenvalue weighted by atomic mass is 16.5. The van der Waals surface area contributed by atoms with Gasteiger partial charge in [-0.1, -0.05) is 20.3 Å². The molecule has 1 unspecified atom stereocenters. The van der Waals surface area contributed by atoms with Crippen LogP contribution < -0.4 is 5.73 Å². The van der Waals surface area contributed by atoms with Crippen molar-refractivity contribution in [3.63, 3.8) is 0 Å². The Labute approximate surface area is 67.9 Å². The molecule has 1 atom stereocenters. The SMILES string of the molecule is CCCCOC(CC)C([NH])=O. The fourth-order valence-corrected chi connectivity index (χ4v) is 0.749. The Morgan fingerprint density at radius 3 is 2.55 bits per heavy atom. The molecule has 0 aliphatic carbocycles. The first-order valence-corrected chi connectivity index (χ1v) is 4.09. The van der Waals surface area contributed by atoms with Gasteiger partial charge in [0.25, 0.3) is 5.91 Å². The standard InChI is InChI=1S/C8H16NO2/c1-3-5-6-11-7(4-2)8(9)10/h7,9H,3-6H2,1-2H3. The molecule has 0 fully saturated rings. The van der Waals surface area contributed by atoms with Crippen molar-refractivity contribution >= 4 is 5.91 Å². The van der Waals surface area contributed by atoms with Gasteiger partial charge in [-0.05, 0) is 12.8 Å². The molecule has 0 bridgehead atoms. The van der Waals surface area contributed by atoms with Crippen molar-refractivity contribution < 1.29 is 9.53 Å². The van der Waals surface area contributed by atoms with Gasteiger partial charge in [-0.2, -0.15) is 0 Å². The third-order valence-electron chi connectivity index (χ3n) is 1.48. The molecule has 11 heavy (non-hydrogen) atoms. The fourth-order valence-electron chi connectivity index (χ4n) is 0.749. The zero-order valence-electron chi connectivity index (χ0n) is 7.22. The number of rotatable bonds is 6. The molecule has 0 saturated heterocycles. The summed E-state index contributed by atoms with van der Waals surface area (Å²) in [4.78, 5) is 10.5. The molecule has 1 N–H and O–H groups in total. The predicted octanol–water partition coefficient (Wildman–Crippen LogP) is 1.39. The minimum Gasteiger partial charge on any atom is -0.368 e. The van der Waals surface area contributed by atoms with E-state index in [1.165, 1.54) is 0 Å². The molecular formula is C8H16NO2. The van der Waals surface area contributed by atoms with Gasteiger partial charge < -0.3 is 4.74 Å². The molecule has 0 saturated carbocycles. The van der Waals surface area contributed by atoms with Gasteiger partial charge in [0.05, 0.1) is 0 Å². The third-order valence-corrected chi connectivity index (χ3v) is 1.48. The lowest BCUT2D eigenvalue weighted by Gasteiger charge is -2.10. The summed E-state index contributed by atoms with van der Waals surface area (Å²) in [6, 6.07) is 0. The van der Waals surface area contributed by atoms with Crippen molar-refractivity contribution in [2.24, 2.45) is 0 Å². The van der Waals surface area contributed by atoms with Crippen LogP contribution in [-0.2, 0) is 9.53 Å². The van der Waals surface area contributed by atoms with Crippen LogP contribution in [0.4, 0.5) is 0 Å². The van der Waals surface area contributed by atoms with Crippen LogP contribution in [0.5, 0.6) is 0 Å². The van der Waals surface area contributed by atoms with E-state index in [4.69, 9.17) is 10.5 Å². The summed E-state index contributed by atoms with van der Waals surface area (Å²) in [6.07, 6.45) is 2.12. The quantitative estimate of drug-likeness (QED) is 0.548. The summed E-state index contributed by atoms with van der Waals surface area (Å²) < 4.78 is 5.16. The lowest BCUT2D eigenvalue weighted by molar-refractivity contribution is -0.130. The highest BCUT2D eigenvalue weighted by Crippen LogP contribution is 1.99. The van der Waals surface area contributed by atoms with Gasteiger partial charge in [0.2, 0.25) is 0 Å². The molecule has 1 radical (unpaired) electrons. The summed E-state index contributed by atoms with van der Waals surface area (Å²) in [6.45, 7) is 4.51. The van der Waals surface area contributed by atoms with Crippen molar-refractivity contribution in [2.45, 2.75) is 39.2 Å². The van der Waals surface area contributed by atoms with Crippen molar-refractivity contribution in [3.05, 3.63) is 0 Å². The van der Waals surface area contributed by atoms with Crippen molar-refractivity contribution in [2.75, 3.05) is 6.61 Å². The summed E-state index contributed by atoms with van der Waals surface area (Å²) in [7, 11) is 0. The minimum atomic E-state index is -0.608. The molecule has 0 heterocycles. The van der Waals surface area contributed by atoms with E-state index in [0.717, 1.165) is 12.8 Å². The Hall–Kier alpha value is -0.570. The molecule has 0 aliphatic rings. The maximum absolute atomic E-state index is 10.5. The molecule has 0 aromatic rings. The Kier molecular flexibility index (Phi) is 5.84. The molecule has 0 spiro atoms. The average molecular weight is 158 g/mol. The van der Waals surface area contributed by atoms with Crippen molar-refractivity contribution in [3.8, 4) is 0 Å². The van der Waals surface area contributed by atoms with Gasteiger partial charge >= 0.3 is 0 Å². The van der Waals surface area contributed by atoms with Crippen LogP contribution in [-0.4, -0.2) is 18.6 Å². The lowest BCUT2D eigenvalue weighted by atomic mass is 10.2. The maximum atomic E-state index is 10.5. The number of hydrogen-bond donors (Lipinski definition) is 0. The predicted molar refractivity (Wildman–Crippen MR) is 43.0 cm³/mol. The highest BCUT2D eigenvalue weighted by molar-refractivity contribution is 5.77. The molecule has 0 aromatic carbocycles. The number of unbranched alkanes of at least 4 members (excludes halogenated alkanes) is 1. The van der Waals surface area contributed by atoms with Crippen LogP contribution in [0.2, 0.25) is 0 Å². The van der Waals surface area contributed by atoms with E-state index in [9.17, 15) is 4.79 Å².